The highest BCUT2D eigenvalue weighted by Gasteiger charge is 2.06. The Morgan fingerprint density at radius 2 is 1.69 bits per heavy atom. The third kappa shape index (κ3) is 10.1. The second kappa shape index (κ2) is 16.0. The van der Waals surface area contributed by atoms with E-state index in [9.17, 15) is 0 Å². The van der Waals surface area contributed by atoms with Crippen molar-refractivity contribution in [2.24, 2.45) is 4.99 Å². The van der Waals surface area contributed by atoms with Crippen LogP contribution >= 0.6 is 24.0 Å². The van der Waals surface area contributed by atoms with E-state index in [1.54, 1.807) is 0 Å². The molecular weight excluding hydrogens is 445 g/mol. The summed E-state index contributed by atoms with van der Waals surface area (Å²) in [6.45, 7) is 12.9. The molecule has 0 heterocycles. The van der Waals surface area contributed by atoms with E-state index >= 15 is 0 Å². The molecule has 7 heteroatoms. The van der Waals surface area contributed by atoms with Crippen molar-refractivity contribution >= 4 is 29.9 Å². The van der Waals surface area contributed by atoms with Crippen molar-refractivity contribution in [2.45, 2.75) is 34.1 Å². The van der Waals surface area contributed by atoms with Crippen molar-refractivity contribution in [1.29, 1.82) is 0 Å². The number of halogens is 1. The van der Waals surface area contributed by atoms with Gasteiger partial charge in [0.25, 0.3) is 0 Å². The van der Waals surface area contributed by atoms with Gasteiger partial charge in [0.1, 0.15) is 0 Å². The maximum atomic E-state index is 5.68. The van der Waals surface area contributed by atoms with E-state index in [4.69, 9.17) is 14.2 Å². The van der Waals surface area contributed by atoms with Crippen LogP contribution in [0.5, 0.6) is 11.5 Å². The van der Waals surface area contributed by atoms with E-state index in [0.29, 0.717) is 26.4 Å². The van der Waals surface area contributed by atoms with Crippen LogP contribution in [0, 0.1) is 0 Å². The largest absolute Gasteiger partial charge is 0.490 e. The number of nitrogens with one attached hydrogen (secondary N) is 2. The first kappa shape index (κ1) is 24.8. The Bertz CT molecular complexity index is 513. The topological polar surface area (TPSA) is 64.1 Å². The molecule has 0 radical (unpaired) electrons. The fourth-order valence-electron chi connectivity index (χ4n) is 2.28. The molecule has 6 nitrogen and oxygen atoms in total. The van der Waals surface area contributed by atoms with E-state index in [1.807, 2.05) is 26.8 Å². The third-order valence-electron chi connectivity index (χ3n) is 3.37. The molecule has 0 aromatic heterocycles. The van der Waals surface area contributed by atoms with Crippen LogP contribution in [0.4, 0.5) is 0 Å². The minimum absolute atomic E-state index is 0. The Morgan fingerprint density at radius 3 is 2.35 bits per heavy atom. The average molecular weight is 479 g/mol. The van der Waals surface area contributed by atoms with Gasteiger partial charge in [-0.1, -0.05) is 6.07 Å². The van der Waals surface area contributed by atoms with Crippen molar-refractivity contribution < 1.29 is 14.2 Å². The van der Waals surface area contributed by atoms with Crippen LogP contribution in [0.3, 0.4) is 0 Å². The van der Waals surface area contributed by atoms with Gasteiger partial charge < -0.3 is 24.8 Å². The molecule has 0 aliphatic rings. The highest BCUT2D eigenvalue weighted by atomic mass is 127. The van der Waals surface area contributed by atoms with Crippen molar-refractivity contribution in [1.82, 2.24) is 10.6 Å². The van der Waals surface area contributed by atoms with Gasteiger partial charge in [-0.25, -0.2) is 0 Å². The van der Waals surface area contributed by atoms with Gasteiger partial charge >= 0.3 is 0 Å². The first-order valence-electron chi connectivity index (χ1n) is 9.23. The van der Waals surface area contributed by atoms with E-state index in [2.05, 4.69) is 34.7 Å². The molecule has 150 valence electrons. The van der Waals surface area contributed by atoms with Crippen LogP contribution in [0.25, 0.3) is 0 Å². The van der Waals surface area contributed by atoms with Crippen LogP contribution < -0.4 is 20.1 Å². The number of hydrogen-bond acceptors (Lipinski definition) is 4. The fraction of sp³-hybridized carbons (Fsp3) is 0.632. The highest BCUT2D eigenvalue weighted by Crippen LogP contribution is 2.28. The summed E-state index contributed by atoms with van der Waals surface area (Å²) < 4.78 is 16.6. The molecule has 1 aromatic rings. The molecule has 0 amide bonds. The quantitative estimate of drug-likeness (QED) is 0.209. The Labute approximate surface area is 175 Å². The minimum Gasteiger partial charge on any atom is -0.490 e. The predicted molar refractivity (Wildman–Crippen MR) is 118 cm³/mol. The zero-order valence-corrected chi connectivity index (χ0v) is 18.8. The molecule has 2 N–H and O–H groups in total. The monoisotopic (exact) mass is 479 g/mol. The van der Waals surface area contributed by atoms with E-state index in [1.165, 1.54) is 5.56 Å². The molecule has 1 aromatic carbocycles. The molecular formula is C19H34IN3O3. The maximum absolute atomic E-state index is 5.68. The fourth-order valence-corrected chi connectivity index (χ4v) is 2.28. The van der Waals surface area contributed by atoms with Crippen LogP contribution in [-0.4, -0.2) is 52.0 Å². The predicted octanol–water partition coefficient (Wildman–Crippen LogP) is 3.24. The van der Waals surface area contributed by atoms with Crippen molar-refractivity contribution in [3.8, 4) is 11.5 Å². The molecule has 0 unspecified atom stereocenters. The smallest absolute Gasteiger partial charge is 0.191 e. The number of guanidine groups is 1. The molecule has 0 spiro atoms. The van der Waals surface area contributed by atoms with Crippen LogP contribution in [0.15, 0.2) is 23.2 Å². The number of aliphatic imine (C=N–C) groups is 1. The van der Waals surface area contributed by atoms with Gasteiger partial charge in [-0.15, -0.1) is 24.0 Å². The molecule has 1 rings (SSSR count). The molecule has 0 bridgehead atoms. The lowest BCUT2D eigenvalue weighted by atomic mass is 10.1. The first-order chi connectivity index (χ1) is 12.2. The summed E-state index contributed by atoms with van der Waals surface area (Å²) in [5.74, 6) is 2.42. The SMILES string of the molecule is CCNC(=NCCOCC)NCCc1ccc(OCC)c(OCC)c1.I. The van der Waals surface area contributed by atoms with Gasteiger partial charge in [0.05, 0.1) is 26.4 Å². The molecule has 0 atom stereocenters. The molecule has 0 saturated heterocycles. The van der Waals surface area contributed by atoms with Crippen molar-refractivity contribution in [2.75, 3.05) is 46.1 Å². The summed E-state index contributed by atoms with van der Waals surface area (Å²) >= 11 is 0. The van der Waals surface area contributed by atoms with Gasteiger partial charge in [0, 0.05) is 19.7 Å². The van der Waals surface area contributed by atoms with Gasteiger partial charge in [-0.3, -0.25) is 4.99 Å². The zero-order chi connectivity index (χ0) is 18.3. The molecule has 0 aliphatic heterocycles. The Hall–Kier alpha value is -1.22. The number of benzene rings is 1. The van der Waals surface area contributed by atoms with E-state index in [-0.39, 0.29) is 24.0 Å². The summed E-state index contributed by atoms with van der Waals surface area (Å²) in [7, 11) is 0. The Kier molecular flexibility index (Phi) is 15.2. The van der Waals surface area contributed by atoms with Crippen molar-refractivity contribution in [3.05, 3.63) is 23.8 Å². The number of ether oxygens (including phenoxy) is 3. The molecule has 0 saturated carbocycles. The molecule has 0 aliphatic carbocycles. The molecule has 26 heavy (non-hydrogen) atoms. The Morgan fingerprint density at radius 1 is 0.962 bits per heavy atom. The van der Waals surface area contributed by atoms with Crippen LogP contribution in [0.1, 0.15) is 33.3 Å². The van der Waals surface area contributed by atoms with Gasteiger partial charge in [-0.05, 0) is 51.8 Å². The lowest BCUT2D eigenvalue weighted by Crippen LogP contribution is -2.38. The number of nitrogens with zero attached hydrogens (tertiary/aromatic N) is 1. The summed E-state index contributed by atoms with van der Waals surface area (Å²) in [5, 5.41) is 6.59. The van der Waals surface area contributed by atoms with Gasteiger partial charge in [0.15, 0.2) is 17.5 Å². The number of rotatable bonds is 12. The first-order valence-corrected chi connectivity index (χ1v) is 9.23. The van der Waals surface area contributed by atoms with Gasteiger partial charge in [0.2, 0.25) is 0 Å². The summed E-state index contributed by atoms with van der Waals surface area (Å²) in [6.07, 6.45) is 0.877. The second-order valence-electron chi connectivity index (χ2n) is 5.28. The lowest BCUT2D eigenvalue weighted by Gasteiger charge is -2.14. The standard InChI is InChI=1S/C19H33N3O3.HI/c1-5-20-19(22-13-14-23-6-2)21-12-11-16-9-10-17(24-7-3)18(15-16)25-8-4;/h9-10,15H,5-8,11-14H2,1-4H3,(H2,20,21,22);1H. The van der Waals surface area contributed by atoms with Gasteiger partial charge in [-0.2, -0.15) is 0 Å². The zero-order valence-electron chi connectivity index (χ0n) is 16.5. The summed E-state index contributed by atoms with van der Waals surface area (Å²) in [5.41, 5.74) is 1.20. The van der Waals surface area contributed by atoms with Crippen LogP contribution in [0.2, 0.25) is 0 Å². The van der Waals surface area contributed by atoms with E-state index in [0.717, 1.165) is 43.6 Å². The highest BCUT2D eigenvalue weighted by molar-refractivity contribution is 14.0. The van der Waals surface area contributed by atoms with E-state index < -0.39 is 0 Å². The van der Waals surface area contributed by atoms with Crippen molar-refractivity contribution in [3.63, 3.8) is 0 Å². The average Bonchev–Trinajstić information content (AvgIpc) is 2.61. The number of hydrogen-bond donors (Lipinski definition) is 2. The Balaban J connectivity index is 0.00000625. The summed E-state index contributed by atoms with van der Waals surface area (Å²) in [6, 6.07) is 6.11. The minimum atomic E-state index is 0. The van der Waals surface area contributed by atoms with Crippen LogP contribution in [-0.2, 0) is 11.2 Å². The normalized spacial score (nSPS) is 10.8. The molecule has 0 fully saturated rings. The maximum Gasteiger partial charge on any atom is 0.191 e. The lowest BCUT2D eigenvalue weighted by molar-refractivity contribution is 0.155. The summed E-state index contributed by atoms with van der Waals surface area (Å²) in [4.78, 5) is 4.49. The second-order valence-corrected chi connectivity index (χ2v) is 5.28. The third-order valence-corrected chi connectivity index (χ3v) is 3.37.